The third kappa shape index (κ3) is 5.00. The summed E-state index contributed by atoms with van der Waals surface area (Å²) in [5.41, 5.74) is 0.368. The summed E-state index contributed by atoms with van der Waals surface area (Å²) in [5, 5.41) is 2.75. The first-order valence-electron chi connectivity index (χ1n) is 6.68. The van der Waals surface area contributed by atoms with E-state index in [0.717, 1.165) is 6.07 Å². The average molecular weight is 326 g/mol. The molecule has 0 aliphatic heterocycles. The molecule has 0 fully saturated rings. The molecular weight excluding hydrogens is 312 g/mol. The molecule has 0 saturated carbocycles. The van der Waals surface area contributed by atoms with E-state index in [0.29, 0.717) is 24.5 Å². The fourth-order valence-electron chi connectivity index (χ4n) is 1.76. The summed E-state index contributed by atoms with van der Waals surface area (Å²) in [6.45, 7) is 0.330. The number of benzene rings is 2. The highest BCUT2D eigenvalue weighted by Crippen LogP contribution is 2.22. The number of amides is 1. The lowest BCUT2D eigenvalue weighted by atomic mass is 10.2. The van der Waals surface area contributed by atoms with Gasteiger partial charge >= 0.3 is 0 Å². The van der Waals surface area contributed by atoms with Crippen LogP contribution in [-0.2, 0) is 4.79 Å². The van der Waals surface area contributed by atoms with Gasteiger partial charge in [0.25, 0.3) is 0 Å². The van der Waals surface area contributed by atoms with Crippen molar-refractivity contribution >= 4 is 23.2 Å². The minimum Gasteiger partial charge on any atom is -0.494 e. The van der Waals surface area contributed by atoms with Crippen molar-refractivity contribution in [1.29, 1.82) is 0 Å². The van der Waals surface area contributed by atoms with Gasteiger partial charge in [-0.25, -0.2) is 8.78 Å². The van der Waals surface area contributed by atoms with Crippen LogP contribution >= 0.6 is 11.6 Å². The van der Waals surface area contributed by atoms with E-state index in [1.54, 1.807) is 0 Å². The summed E-state index contributed by atoms with van der Waals surface area (Å²) in [4.78, 5) is 11.7. The zero-order valence-corrected chi connectivity index (χ0v) is 12.4. The highest BCUT2D eigenvalue weighted by atomic mass is 35.5. The van der Waals surface area contributed by atoms with Gasteiger partial charge < -0.3 is 10.1 Å². The zero-order chi connectivity index (χ0) is 15.9. The fourth-order valence-corrected chi connectivity index (χ4v) is 1.97. The molecule has 1 N–H and O–H groups in total. The minimum atomic E-state index is -0.462. The number of halogens is 3. The second-order valence-corrected chi connectivity index (χ2v) is 4.99. The molecule has 0 aromatic heterocycles. The van der Waals surface area contributed by atoms with Gasteiger partial charge in [0.1, 0.15) is 17.4 Å². The van der Waals surface area contributed by atoms with Crippen LogP contribution in [-0.4, -0.2) is 12.5 Å². The van der Waals surface area contributed by atoms with E-state index in [1.165, 1.54) is 36.4 Å². The van der Waals surface area contributed by atoms with Gasteiger partial charge in [-0.15, -0.1) is 0 Å². The summed E-state index contributed by atoms with van der Waals surface area (Å²) in [6, 6.07) is 9.41. The summed E-state index contributed by atoms with van der Waals surface area (Å²) >= 11 is 5.82. The molecule has 0 bridgehead atoms. The number of nitrogens with one attached hydrogen (secondary N) is 1. The number of anilines is 1. The lowest BCUT2D eigenvalue weighted by Crippen LogP contribution is -2.13. The number of hydrogen-bond donors (Lipinski definition) is 1. The van der Waals surface area contributed by atoms with Crippen LogP contribution in [0.25, 0.3) is 0 Å². The molecule has 0 aliphatic carbocycles. The van der Waals surface area contributed by atoms with E-state index in [-0.39, 0.29) is 23.2 Å². The van der Waals surface area contributed by atoms with Crippen molar-refractivity contribution in [3.05, 3.63) is 59.1 Å². The molecule has 0 heterocycles. The van der Waals surface area contributed by atoms with Gasteiger partial charge in [-0.1, -0.05) is 11.6 Å². The van der Waals surface area contributed by atoms with Crippen LogP contribution in [0.4, 0.5) is 14.5 Å². The van der Waals surface area contributed by atoms with E-state index < -0.39 is 5.82 Å². The van der Waals surface area contributed by atoms with Gasteiger partial charge in [0.05, 0.1) is 17.3 Å². The van der Waals surface area contributed by atoms with E-state index >= 15 is 0 Å². The second kappa shape index (κ2) is 7.75. The minimum absolute atomic E-state index is 0.149. The Morgan fingerprint density at radius 1 is 1.09 bits per heavy atom. The lowest BCUT2D eigenvalue weighted by Gasteiger charge is -2.08. The molecule has 2 rings (SSSR count). The molecule has 0 atom stereocenters. The predicted octanol–water partition coefficient (Wildman–Crippen LogP) is 4.42. The monoisotopic (exact) mass is 325 g/mol. The summed E-state index contributed by atoms with van der Waals surface area (Å²) in [5.74, 6) is -0.488. The first-order valence-corrected chi connectivity index (χ1v) is 7.05. The number of carbonyl (C=O) groups is 1. The van der Waals surface area contributed by atoms with Crippen molar-refractivity contribution in [1.82, 2.24) is 0 Å². The van der Waals surface area contributed by atoms with Crippen LogP contribution in [0.15, 0.2) is 42.5 Å². The first kappa shape index (κ1) is 16.2. The molecular formula is C16H14ClF2NO2. The quantitative estimate of drug-likeness (QED) is 0.799. The van der Waals surface area contributed by atoms with Crippen LogP contribution in [0, 0.1) is 11.6 Å². The van der Waals surface area contributed by atoms with Crippen LogP contribution in [0.3, 0.4) is 0 Å². The zero-order valence-electron chi connectivity index (χ0n) is 11.6. The molecule has 3 nitrogen and oxygen atoms in total. The molecule has 1 amide bonds. The van der Waals surface area contributed by atoms with Crippen LogP contribution in [0.5, 0.6) is 5.75 Å². The van der Waals surface area contributed by atoms with Gasteiger partial charge in [0.2, 0.25) is 5.91 Å². The van der Waals surface area contributed by atoms with E-state index in [2.05, 4.69) is 5.32 Å². The molecule has 116 valence electrons. The highest BCUT2D eigenvalue weighted by Gasteiger charge is 2.07. The lowest BCUT2D eigenvalue weighted by molar-refractivity contribution is -0.116. The maximum Gasteiger partial charge on any atom is 0.224 e. The average Bonchev–Trinajstić information content (AvgIpc) is 2.48. The molecule has 0 aliphatic rings. The van der Waals surface area contributed by atoms with Crippen molar-refractivity contribution in [2.75, 3.05) is 11.9 Å². The standard InChI is InChI=1S/C16H14ClF2NO2/c17-14-10-12(19)5-8-15(14)20-16(21)2-1-9-22-13-6-3-11(18)4-7-13/h3-8,10H,1-2,9H2,(H,20,21). The van der Waals surface area contributed by atoms with E-state index in [1.807, 2.05) is 0 Å². The summed E-state index contributed by atoms with van der Waals surface area (Å²) in [7, 11) is 0. The van der Waals surface area contributed by atoms with Crippen molar-refractivity contribution < 1.29 is 18.3 Å². The maximum absolute atomic E-state index is 12.9. The molecule has 2 aromatic carbocycles. The Morgan fingerprint density at radius 3 is 2.45 bits per heavy atom. The van der Waals surface area contributed by atoms with Gasteiger partial charge in [0.15, 0.2) is 0 Å². The smallest absolute Gasteiger partial charge is 0.224 e. The van der Waals surface area contributed by atoms with Crippen molar-refractivity contribution in [2.24, 2.45) is 0 Å². The number of ether oxygens (including phenoxy) is 1. The van der Waals surface area contributed by atoms with Crippen LogP contribution in [0.1, 0.15) is 12.8 Å². The third-order valence-electron chi connectivity index (χ3n) is 2.84. The SMILES string of the molecule is O=C(CCCOc1ccc(F)cc1)Nc1ccc(F)cc1Cl. The molecule has 2 aromatic rings. The molecule has 0 saturated heterocycles. The summed E-state index contributed by atoms with van der Waals surface area (Å²) in [6.07, 6.45) is 0.719. The number of carbonyl (C=O) groups excluding carboxylic acids is 1. The Hall–Kier alpha value is -2.14. The summed E-state index contributed by atoms with van der Waals surface area (Å²) < 4.78 is 31.0. The largest absolute Gasteiger partial charge is 0.494 e. The van der Waals surface area contributed by atoms with Gasteiger partial charge in [-0.05, 0) is 48.9 Å². The highest BCUT2D eigenvalue weighted by molar-refractivity contribution is 6.33. The first-order chi connectivity index (χ1) is 10.5. The Bertz CT molecular complexity index is 647. The Balaban J connectivity index is 1.72. The Kier molecular flexibility index (Phi) is 5.72. The number of hydrogen-bond acceptors (Lipinski definition) is 2. The Labute approximate surface area is 131 Å². The molecule has 0 spiro atoms. The number of rotatable bonds is 6. The normalized spacial score (nSPS) is 10.3. The van der Waals surface area contributed by atoms with Gasteiger partial charge in [-0.3, -0.25) is 4.79 Å². The second-order valence-electron chi connectivity index (χ2n) is 4.58. The van der Waals surface area contributed by atoms with Crippen LogP contribution < -0.4 is 10.1 Å². The van der Waals surface area contributed by atoms with Crippen molar-refractivity contribution in [3.8, 4) is 5.75 Å². The van der Waals surface area contributed by atoms with Crippen molar-refractivity contribution in [3.63, 3.8) is 0 Å². The molecule has 22 heavy (non-hydrogen) atoms. The molecule has 0 radical (unpaired) electrons. The molecule has 6 heteroatoms. The fraction of sp³-hybridized carbons (Fsp3) is 0.188. The van der Waals surface area contributed by atoms with Gasteiger partial charge in [-0.2, -0.15) is 0 Å². The van der Waals surface area contributed by atoms with E-state index in [9.17, 15) is 13.6 Å². The van der Waals surface area contributed by atoms with E-state index in [4.69, 9.17) is 16.3 Å². The molecule has 0 unspecified atom stereocenters. The topological polar surface area (TPSA) is 38.3 Å². The van der Waals surface area contributed by atoms with Gasteiger partial charge in [0, 0.05) is 6.42 Å². The Morgan fingerprint density at radius 2 is 1.77 bits per heavy atom. The van der Waals surface area contributed by atoms with Crippen molar-refractivity contribution in [2.45, 2.75) is 12.8 Å². The third-order valence-corrected chi connectivity index (χ3v) is 3.15. The van der Waals surface area contributed by atoms with Crippen LogP contribution in [0.2, 0.25) is 5.02 Å². The predicted molar refractivity (Wildman–Crippen MR) is 81.2 cm³/mol. The maximum atomic E-state index is 12.9.